The van der Waals surface area contributed by atoms with Gasteiger partial charge in [0.25, 0.3) is 0 Å². The molecule has 7 aromatic carbocycles. The Balaban J connectivity index is 1.34. The van der Waals surface area contributed by atoms with Gasteiger partial charge in [-0.2, -0.15) is 0 Å². The van der Waals surface area contributed by atoms with Crippen molar-refractivity contribution < 1.29 is 0 Å². The number of para-hydroxylation sites is 2. The Morgan fingerprint density at radius 3 is 1.48 bits per heavy atom. The third kappa shape index (κ3) is 5.31. The largest absolute Gasteiger partial charge is 0.311 e. The smallest absolute Gasteiger partial charge is 0.0540 e. The van der Waals surface area contributed by atoms with Gasteiger partial charge in [-0.25, -0.2) is 0 Å². The second-order valence-corrected chi connectivity index (χ2v) is 11.5. The van der Waals surface area contributed by atoms with E-state index in [0.29, 0.717) is 5.92 Å². The Morgan fingerprint density at radius 2 is 0.886 bits per heavy atom. The van der Waals surface area contributed by atoms with E-state index in [1.54, 1.807) is 0 Å². The number of anilines is 6. The molecule has 44 heavy (non-hydrogen) atoms. The fraction of sp³-hybridized carbons (Fsp3) is 0.0952. The first-order chi connectivity index (χ1) is 21.7. The maximum Gasteiger partial charge on any atom is 0.0540 e. The topological polar surface area (TPSA) is 6.48 Å². The van der Waals surface area contributed by atoms with Crippen LogP contribution in [0, 0.1) is 0 Å². The lowest BCUT2D eigenvalue weighted by molar-refractivity contribution is 0.733. The van der Waals surface area contributed by atoms with Crippen LogP contribution in [0.3, 0.4) is 0 Å². The Bertz CT molecular complexity index is 2000. The molecule has 1 atom stereocenters. The molecule has 0 spiro atoms. The summed E-state index contributed by atoms with van der Waals surface area (Å²) in [5.74, 6) is 0.546. The molecule has 0 saturated carbocycles. The van der Waals surface area contributed by atoms with E-state index in [-0.39, 0.29) is 0 Å². The van der Waals surface area contributed by atoms with Gasteiger partial charge >= 0.3 is 0 Å². The van der Waals surface area contributed by atoms with Crippen molar-refractivity contribution in [3.05, 3.63) is 169 Å². The van der Waals surface area contributed by atoms with Crippen molar-refractivity contribution in [2.24, 2.45) is 0 Å². The molecule has 0 N–H and O–H groups in total. The maximum absolute atomic E-state index is 2.37. The van der Waals surface area contributed by atoms with Crippen molar-refractivity contribution >= 4 is 55.7 Å². The lowest BCUT2D eigenvalue weighted by Crippen LogP contribution is -2.12. The van der Waals surface area contributed by atoms with Gasteiger partial charge in [-0.05, 0) is 113 Å². The van der Waals surface area contributed by atoms with Crippen molar-refractivity contribution in [1.29, 1.82) is 0 Å². The number of rotatable bonds is 8. The zero-order valence-corrected chi connectivity index (χ0v) is 25.3. The molecule has 0 heterocycles. The van der Waals surface area contributed by atoms with E-state index in [9.17, 15) is 0 Å². The number of hydrogen-bond acceptors (Lipinski definition) is 2. The van der Waals surface area contributed by atoms with Crippen LogP contribution in [-0.2, 0) is 0 Å². The van der Waals surface area contributed by atoms with Crippen molar-refractivity contribution in [3.8, 4) is 0 Å². The van der Waals surface area contributed by atoms with Crippen LogP contribution in [0.1, 0.15) is 31.7 Å². The summed E-state index contributed by atoms with van der Waals surface area (Å²) in [5.41, 5.74) is 8.18. The van der Waals surface area contributed by atoms with Crippen molar-refractivity contribution in [2.75, 3.05) is 9.80 Å². The summed E-state index contributed by atoms with van der Waals surface area (Å²) in [7, 11) is 0. The zero-order valence-electron chi connectivity index (χ0n) is 25.3. The molecule has 0 aromatic heterocycles. The molecule has 0 bridgehead atoms. The van der Waals surface area contributed by atoms with Gasteiger partial charge in [-0.3, -0.25) is 0 Å². The SMILES string of the molecule is CCC(C)c1ccc(N(c2ccccc2)c2ccc(N(c3ccccc3)c3cccc4cc5ccccc5cc34)cc2)cc1. The Hall–Kier alpha value is -5.34. The van der Waals surface area contributed by atoms with Crippen molar-refractivity contribution in [2.45, 2.75) is 26.2 Å². The van der Waals surface area contributed by atoms with E-state index in [4.69, 9.17) is 0 Å². The average Bonchev–Trinajstić information content (AvgIpc) is 3.09. The highest BCUT2D eigenvalue weighted by Gasteiger charge is 2.18. The van der Waals surface area contributed by atoms with Crippen LogP contribution in [0.2, 0.25) is 0 Å². The monoisotopic (exact) mass is 568 g/mol. The molecule has 1 unspecified atom stereocenters. The Morgan fingerprint density at radius 1 is 0.432 bits per heavy atom. The van der Waals surface area contributed by atoms with E-state index < -0.39 is 0 Å². The van der Waals surface area contributed by atoms with Crippen LogP contribution >= 0.6 is 0 Å². The van der Waals surface area contributed by atoms with Gasteiger partial charge in [-0.1, -0.05) is 98.8 Å². The third-order valence-electron chi connectivity index (χ3n) is 8.69. The molecule has 0 radical (unpaired) electrons. The summed E-state index contributed by atoms with van der Waals surface area (Å²) in [6.07, 6.45) is 1.13. The molecule has 0 amide bonds. The molecule has 0 fully saturated rings. The first kappa shape index (κ1) is 27.5. The van der Waals surface area contributed by atoms with Gasteiger partial charge in [0, 0.05) is 33.8 Å². The van der Waals surface area contributed by atoms with Gasteiger partial charge in [-0.15, -0.1) is 0 Å². The van der Waals surface area contributed by atoms with Gasteiger partial charge < -0.3 is 9.80 Å². The van der Waals surface area contributed by atoms with Crippen LogP contribution in [-0.4, -0.2) is 0 Å². The maximum atomic E-state index is 2.37. The highest BCUT2D eigenvalue weighted by Crippen LogP contribution is 2.42. The molecule has 0 aliphatic heterocycles. The first-order valence-corrected chi connectivity index (χ1v) is 15.5. The lowest BCUT2D eigenvalue weighted by atomic mass is 9.98. The van der Waals surface area contributed by atoms with Crippen LogP contribution < -0.4 is 9.80 Å². The van der Waals surface area contributed by atoms with Crippen molar-refractivity contribution in [1.82, 2.24) is 0 Å². The molecule has 2 heteroatoms. The van der Waals surface area contributed by atoms with E-state index in [1.165, 1.54) is 27.1 Å². The first-order valence-electron chi connectivity index (χ1n) is 15.5. The quantitative estimate of drug-likeness (QED) is 0.168. The fourth-order valence-electron chi connectivity index (χ4n) is 6.11. The molecule has 0 saturated heterocycles. The summed E-state index contributed by atoms with van der Waals surface area (Å²) in [6.45, 7) is 4.54. The number of fused-ring (bicyclic) bond motifs is 2. The molecule has 7 aromatic rings. The molecule has 0 aliphatic rings. The molecule has 0 aliphatic carbocycles. The molecular weight excluding hydrogens is 532 g/mol. The fourth-order valence-corrected chi connectivity index (χ4v) is 6.11. The Kier molecular flexibility index (Phi) is 7.56. The highest BCUT2D eigenvalue weighted by atomic mass is 15.2. The molecule has 214 valence electrons. The number of hydrogen-bond donors (Lipinski definition) is 0. The molecular formula is C42H36N2. The highest BCUT2D eigenvalue weighted by molar-refractivity contribution is 6.06. The minimum Gasteiger partial charge on any atom is -0.311 e. The van der Waals surface area contributed by atoms with E-state index in [1.807, 2.05) is 0 Å². The summed E-state index contributed by atoms with van der Waals surface area (Å²) < 4.78 is 0. The molecule has 7 rings (SSSR count). The normalized spacial score (nSPS) is 11.9. The summed E-state index contributed by atoms with van der Waals surface area (Å²) >= 11 is 0. The Labute approximate surface area is 260 Å². The summed E-state index contributed by atoms with van der Waals surface area (Å²) in [5, 5.41) is 4.96. The number of benzene rings is 7. The standard InChI is InChI=1S/C42H36N2/c1-3-31(2)32-21-23-38(24-22-32)43(36-16-6-4-7-17-36)39-25-27-40(28-26-39)44(37-18-8-5-9-19-37)42-20-12-15-35-29-33-13-10-11-14-34(33)30-41(35)42/h4-31H,3H2,1-2H3. The van der Waals surface area contributed by atoms with Crippen LogP contribution in [0.4, 0.5) is 34.1 Å². The van der Waals surface area contributed by atoms with Gasteiger partial charge in [0.2, 0.25) is 0 Å². The van der Waals surface area contributed by atoms with E-state index in [2.05, 4.69) is 187 Å². The van der Waals surface area contributed by atoms with Gasteiger partial charge in [0.05, 0.1) is 5.69 Å². The van der Waals surface area contributed by atoms with Crippen LogP contribution in [0.15, 0.2) is 164 Å². The zero-order chi connectivity index (χ0) is 29.9. The van der Waals surface area contributed by atoms with E-state index in [0.717, 1.165) is 40.5 Å². The van der Waals surface area contributed by atoms with Gasteiger partial charge in [0.1, 0.15) is 0 Å². The number of nitrogens with zero attached hydrogens (tertiary/aromatic N) is 2. The average molecular weight is 569 g/mol. The van der Waals surface area contributed by atoms with Crippen molar-refractivity contribution in [3.63, 3.8) is 0 Å². The van der Waals surface area contributed by atoms with E-state index >= 15 is 0 Å². The lowest BCUT2D eigenvalue weighted by Gasteiger charge is -2.29. The summed E-state index contributed by atoms with van der Waals surface area (Å²) in [4.78, 5) is 4.70. The minimum atomic E-state index is 0.546. The second kappa shape index (κ2) is 12.1. The second-order valence-electron chi connectivity index (χ2n) is 11.5. The predicted molar refractivity (Wildman–Crippen MR) is 190 cm³/mol. The molecule has 2 nitrogen and oxygen atoms in total. The van der Waals surface area contributed by atoms with Crippen LogP contribution in [0.5, 0.6) is 0 Å². The summed E-state index contributed by atoms with van der Waals surface area (Å²) in [6, 6.07) is 59.1. The third-order valence-corrected chi connectivity index (χ3v) is 8.69. The predicted octanol–water partition coefficient (Wildman–Crippen LogP) is 12.4. The van der Waals surface area contributed by atoms with Gasteiger partial charge in [0.15, 0.2) is 0 Å². The minimum absolute atomic E-state index is 0.546. The van der Waals surface area contributed by atoms with Crippen LogP contribution in [0.25, 0.3) is 21.5 Å².